The standard InChI is InChI=1S/C9H15F2N3/c1-14(5-2-3-5)9(12)13-7-4-6(7)8(10)11/h5-8H,2-4H2,1H3,(H2,12,13)/t6-,7-/m0/s1. The zero-order valence-electron chi connectivity index (χ0n) is 8.16. The van der Waals surface area contributed by atoms with Crippen LogP contribution in [0.15, 0.2) is 4.99 Å². The van der Waals surface area contributed by atoms with E-state index in [2.05, 4.69) is 4.99 Å². The number of guanidine groups is 1. The van der Waals surface area contributed by atoms with Crippen molar-refractivity contribution in [3.05, 3.63) is 0 Å². The molecule has 0 radical (unpaired) electrons. The first-order valence-corrected chi connectivity index (χ1v) is 4.94. The molecule has 0 spiro atoms. The molecule has 14 heavy (non-hydrogen) atoms. The number of alkyl halides is 2. The van der Waals surface area contributed by atoms with E-state index in [0.717, 1.165) is 12.8 Å². The second kappa shape index (κ2) is 3.37. The summed E-state index contributed by atoms with van der Waals surface area (Å²) in [6.45, 7) is 0. The average molecular weight is 203 g/mol. The van der Waals surface area contributed by atoms with Crippen molar-refractivity contribution in [1.82, 2.24) is 4.90 Å². The molecule has 0 aromatic heterocycles. The van der Waals surface area contributed by atoms with Crippen molar-refractivity contribution in [3.8, 4) is 0 Å². The van der Waals surface area contributed by atoms with Crippen molar-refractivity contribution in [2.24, 2.45) is 16.6 Å². The SMILES string of the molecule is CN(C(N)=N[C@H]1C[C@@H]1C(F)F)C1CC1. The van der Waals surface area contributed by atoms with E-state index >= 15 is 0 Å². The molecule has 0 unspecified atom stereocenters. The molecule has 0 heterocycles. The first-order chi connectivity index (χ1) is 6.59. The summed E-state index contributed by atoms with van der Waals surface area (Å²) < 4.78 is 24.3. The molecule has 5 heteroatoms. The fourth-order valence-corrected chi connectivity index (χ4v) is 1.53. The Morgan fingerprint density at radius 3 is 2.57 bits per heavy atom. The van der Waals surface area contributed by atoms with Crippen LogP contribution in [0.2, 0.25) is 0 Å². The van der Waals surface area contributed by atoms with Gasteiger partial charge in [-0.15, -0.1) is 0 Å². The summed E-state index contributed by atoms with van der Waals surface area (Å²) in [5, 5.41) is 0. The molecule has 2 N–H and O–H groups in total. The number of hydrogen-bond acceptors (Lipinski definition) is 1. The van der Waals surface area contributed by atoms with E-state index in [1.165, 1.54) is 0 Å². The quantitative estimate of drug-likeness (QED) is 0.550. The summed E-state index contributed by atoms with van der Waals surface area (Å²) >= 11 is 0. The number of rotatable bonds is 3. The van der Waals surface area contributed by atoms with E-state index < -0.39 is 12.3 Å². The van der Waals surface area contributed by atoms with E-state index in [-0.39, 0.29) is 6.04 Å². The highest BCUT2D eigenvalue weighted by Gasteiger charge is 2.44. The van der Waals surface area contributed by atoms with Crippen LogP contribution in [0.25, 0.3) is 0 Å². The van der Waals surface area contributed by atoms with E-state index in [1.807, 2.05) is 11.9 Å². The van der Waals surface area contributed by atoms with Crippen LogP contribution in [0.3, 0.4) is 0 Å². The van der Waals surface area contributed by atoms with Crippen LogP contribution >= 0.6 is 0 Å². The minimum absolute atomic E-state index is 0.240. The van der Waals surface area contributed by atoms with Gasteiger partial charge in [-0.1, -0.05) is 0 Å². The monoisotopic (exact) mass is 203 g/mol. The molecule has 2 aliphatic carbocycles. The molecule has 0 aliphatic heterocycles. The molecule has 0 bridgehead atoms. The van der Waals surface area contributed by atoms with Gasteiger partial charge in [0.25, 0.3) is 0 Å². The Kier molecular flexibility index (Phi) is 2.33. The summed E-state index contributed by atoms with van der Waals surface area (Å²) in [7, 11) is 1.87. The summed E-state index contributed by atoms with van der Waals surface area (Å²) in [4.78, 5) is 5.98. The number of aliphatic imine (C=N–C) groups is 1. The van der Waals surface area contributed by atoms with Gasteiger partial charge in [-0.2, -0.15) is 0 Å². The second-order valence-corrected chi connectivity index (χ2v) is 4.13. The molecule has 0 aromatic carbocycles. The zero-order chi connectivity index (χ0) is 10.3. The molecule has 3 nitrogen and oxygen atoms in total. The normalized spacial score (nSPS) is 32.1. The van der Waals surface area contributed by atoms with Gasteiger partial charge in [-0.3, -0.25) is 0 Å². The molecule has 2 fully saturated rings. The van der Waals surface area contributed by atoms with Gasteiger partial charge in [0.2, 0.25) is 6.43 Å². The van der Waals surface area contributed by atoms with Crippen molar-refractivity contribution in [3.63, 3.8) is 0 Å². The highest BCUT2D eigenvalue weighted by molar-refractivity contribution is 5.78. The number of halogens is 2. The van der Waals surface area contributed by atoms with Crippen molar-refractivity contribution in [2.75, 3.05) is 7.05 Å². The largest absolute Gasteiger partial charge is 0.370 e. The molecular weight excluding hydrogens is 188 g/mol. The minimum Gasteiger partial charge on any atom is -0.370 e. The lowest BCUT2D eigenvalue weighted by atomic mass is 10.4. The maximum absolute atomic E-state index is 12.2. The van der Waals surface area contributed by atoms with Gasteiger partial charge in [-0.05, 0) is 19.3 Å². The lowest BCUT2D eigenvalue weighted by molar-refractivity contribution is 0.121. The Morgan fingerprint density at radius 2 is 2.14 bits per heavy atom. The average Bonchev–Trinajstić information content (AvgIpc) is 2.97. The van der Waals surface area contributed by atoms with Gasteiger partial charge in [0.05, 0.1) is 6.04 Å². The van der Waals surface area contributed by atoms with Gasteiger partial charge in [0, 0.05) is 19.0 Å². The molecule has 0 amide bonds. The van der Waals surface area contributed by atoms with Crippen LogP contribution in [-0.4, -0.2) is 36.4 Å². The highest BCUT2D eigenvalue weighted by atomic mass is 19.3. The Bertz CT molecular complexity index is 250. The van der Waals surface area contributed by atoms with E-state index in [9.17, 15) is 8.78 Å². The smallest absolute Gasteiger partial charge is 0.243 e. The minimum atomic E-state index is -2.25. The first-order valence-electron chi connectivity index (χ1n) is 4.94. The number of hydrogen-bond donors (Lipinski definition) is 1. The predicted molar refractivity (Wildman–Crippen MR) is 50.3 cm³/mol. The van der Waals surface area contributed by atoms with Crippen LogP contribution in [-0.2, 0) is 0 Å². The molecule has 0 saturated heterocycles. The third kappa shape index (κ3) is 1.96. The Labute approximate surface area is 82.0 Å². The molecule has 0 aromatic rings. The summed E-state index contributed by atoms with van der Waals surface area (Å²) in [5.41, 5.74) is 5.69. The zero-order valence-corrected chi connectivity index (χ0v) is 8.16. The third-order valence-corrected chi connectivity index (χ3v) is 2.88. The van der Waals surface area contributed by atoms with Crippen molar-refractivity contribution >= 4 is 5.96 Å². The highest BCUT2D eigenvalue weighted by Crippen LogP contribution is 2.39. The third-order valence-electron chi connectivity index (χ3n) is 2.88. The maximum atomic E-state index is 12.2. The summed E-state index contributed by atoms with van der Waals surface area (Å²) in [5.74, 6) is -0.137. The molecular formula is C9H15F2N3. The second-order valence-electron chi connectivity index (χ2n) is 4.13. The van der Waals surface area contributed by atoms with Crippen molar-refractivity contribution in [1.29, 1.82) is 0 Å². The lowest BCUT2D eigenvalue weighted by Crippen LogP contribution is -2.36. The fraction of sp³-hybridized carbons (Fsp3) is 0.889. The number of nitrogens with zero attached hydrogens (tertiary/aromatic N) is 2. The van der Waals surface area contributed by atoms with Crippen LogP contribution in [0.4, 0.5) is 8.78 Å². The molecule has 2 rings (SSSR count). The van der Waals surface area contributed by atoms with Gasteiger partial charge in [0.15, 0.2) is 5.96 Å². The van der Waals surface area contributed by atoms with E-state index in [1.54, 1.807) is 0 Å². The first kappa shape index (κ1) is 9.68. The predicted octanol–water partition coefficient (Wildman–Crippen LogP) is 1.05. The molecule has 80 valence electrons. The molecule has 2 aliphatic rings. The molecule has 2 atom stereocenters. The van der Waals surface area contributed by atoms with Gasteiger partial charge < -0.3 is 10.6 Å². The Hall–Kier alpha value is -0.870. The van der Waals surface area contributed by atoms with Crippen LogP contribution in [0.5, 0.6) is 0 Å². The topological polar surface area (TPSA) is 41.6 Å². The van der Waals surface area contributed by atoms with Gasteiger partial charge in [0.1, 0.15) is 0 Å². The van der Waals surface area contributed by atoms with Gasteiger partial charge >= 0.3 is 0 Å². The Balaban J connectivity index is 1.85. The Morgan fingerprint density at radius 1 is 1.50 bits per heavy atom. The van der Waals surface area contributed by atoms with Crippen LogP contribution in [0.1, 0.15) is 19.3 Å². The van der Waals surface area contributed by atoms with Crippen molar-refractivity contribution in [2.45, 2.75) is 37.8 Å². The summed E-state index contributed by atoms with van der Waals surface area (Å²) in [6.07, 6.45) is 0.505. The van der Waals surface area contributed by atoms with Crippen molar-refractivity contribution < 1.29 is 8.78 Å². The van der Waals surface area contributed by atoms with E-state index in [4.69, 9.17) is 5.73 Å². The fourth-order valence-electron chi connectivity index (χ4n) is 1.53. The molecule has 2 saturated carbocycles. The lowest BCUT2D eigenvalue weighted by Gasteiger charge is -2.16. The number of nitrogens with two attached hydrogens (primary N) is 1. The maximum Gasteiger partial charge on any atom is 0.243 e. The van der Waals surface area contributed by atoms with Gasteiger partial charge in [-0.25, -0.2) is 13.8 Å². The van der Waals surface area contributed by atoms with E-state index in [0.29, 0.717) is 18.4 Å². The summed E-state index contributed by atoms with van der Waals surface area (Å²) in [6, 6.07) is 0.249. The van der Waals surface area contributed by atoms with Crippen LogP contribution in [0, 0.1) is 5.92 Å². The van der Waals surface area contributed by atoms with Crippen LogP contribution < -0.4 is 5.73 Å².